The van der Waals surface area contributed by atoms with Crippen LogP contribution < -0.4 is 5.32 Å². The molecule has 2 aromatic carbocycles. The van der Waals surface area contributed by atoms with Gasteiger partial charge in [0.25, 0.3) is 0 Å². The number of hydrogen-bond acceptors (Lipinski definition) is 6. The Kier molecular flexibility index (Phi) is 6.81. The quantitative estimate of drug-likeness (QED) is 0.616. The van der Waals surface area contributed by atoms with E-state index in [9.17, 15) is 14.7 Å². The third-order valence-corrected chi connectivity index (χ3v) is 5.85. The maximum atomic E-state index is 12.3. The van der Waals surface area contributed by atoms with Gasteiger partial charge >= 0.3 is 0 Å². The second-order valence-corrected chi connectivity index (χ2v) is 8.18. The van der Waals surface area contributed by atoms with Gasteiger partial charge in [-0.25, -0.2) is 0 Å². The van der Waals surface area contributed by atoms with Crippen LogP contribution in [0.5, 0.6) is 0 Å². The van der Waals surface area contributed by atoms with Crippen molar-refractivity contribution in [2.75, 3.05) is 0 Å². The molecule has 0 radical (unpaired) electrons. The van der Waals surface area contributed by atoms with Crippen LogP contribution in [0.25, 0.3) is 0 Å². The van der Waals surface area contributed by atoms with Crippen LogP contribution in [0.3, 0.4) is 0 Å². The van der Waals surface area contributed by atoms with Crippen LogP contribution in [-0.4, -0.2) is 47.4 Å². The predicted molar refractivity (Wildman–Crippen MR) is 116 cm³/mol. The molecule has 1 aliphatic carbocycles. The van der Waals surface area contributed by atoms with Crippen LogP contribution in [0.2, 0.25) is 0 Å². The summed E-state index contributed by atoms with van der Waals surface area (Å²) in [6.07, 6.45) is -1.09. The van der Waals surface area contributed by atoms with Crippen LogP contribution in [0.15, 0.2) is 72.3 Å². The minimum atomic E-state index is -1.31. The summed E-state index contributed by atoms with van der Waals surface area (Å²) < 4.78 is 18.2. The van der Waals surface area contributed by atoms with Crippen molar-refractivity contribution in [1.29, 1.82) is 0 Å². The highest BCUT2D eigenvalue weighted by atomic mass is 16.7. The molecule has 1 amide bonds. The van der Waals surface area contributed by atoms with Gasteiger partial charge in [-0.3, -0.25) is 9.59 Å². The number of fused-ring (bicyclic) bond motifs is 2. The Labute approximate surface area is 187 Å². The smallest absolute Gasteiger partial charge is 0.217 e. The SMILES string of the molecule is CC(=O)N[C@@]12CC(C=O)=C[C@@H](O[C@H](O)[C@H]1OCc1ccccc1)[C@H]2OCc1ccccc1. The number of ether oxygens (including phenoxy) is 3. The lowest BCUT2D eigenvalue weighted by Gasteiger charge is -2.55. The Balaban J connectivity index is 1.67. The molecular formula is C25H27NO6. The van der Waals surface area contributed by atoms with Crippen molar-refractivity contribution in [3.63, 3.8) is 0 Å². The highest BCUT2D eigenvalue weighted by molar-refractivity contribution is 5.77. The number of aliphatic hydroxyl groups is 1. The first-order valence-corrected chi connectivity index (χ1v) is 10.6. The molecule has 168 valence electrons. The van der Waals surface area contributed by atoms with Gasteiger partial charge in [-0.2, -0.15) is 0 Å². The Hall–Kier alpha value is -2.84. The highest BCUT2D eigenvalue weighted by Crippen LogP contribution is 2.42. The molecule has 4 rings (SSSR count). The fourth-order valence-electron chi connectivity index (χ4n) is 4.54. The zero-order chi connectivity index (χ0) is 22.6. The van der Waals surface area contributed by atoms with Crippen molar-refractivity contribution in [1.82, 2.24) is 5.32 Å². The molecule has 0 spiro atoms. The van der Waals surface area contributed by atoms with E-state index < -0.39 is 30.1 Å². The topological polar surface area (TPSA) is 94.1 Å². The third-order valence-electron chi connectivity index (χ3n) is 5.85. The number of aliphatic hydroxyl groups excluding tert-OH is 1. The second-order valence-electron chi connectivity index (χ2n) is 8.18. The predicted octanol–water partition coefficient (Wildman–Crippen LogP) is 2.28. The molecule has 1 aliphatic heterocycles. The largest absolute Gasteiger partial charge is 0.368 e. The summed E-state index contributed by atoms with van der Waals surface area (Å²) in [6, 6.07) is 19.1. The fraction of sp³-hybridized carbons (Fsp3) is 0.360. The molecule has 32 heavy (non-hydrogen) atoms. The normalized spacial score (nSPS) is 29.1. The van der Waals surface area contributed by atoms with E-state index in [1.165, 1.54) is 6.92 Å². The first kappa shape index (κ1) is 22.4. The zero-order valence-corrected chi connectivity index (χ0v) is 17.8. The zero-order valence-electron chi connectivity index (χ0n) is 17.8. The second kappa shape index (κ2) is 9.75. The van der Waals surface area contributed by atoms with Gasteiger partial charge in [0.05, 0.1) is 13.2 Å². The number of carbonyl (C=O) groups excluding carboxylic acids is 2. The van der Waals surface area contributed by atoms with E-state index in [-0.39, 0.29) is 25.5 Å². The summed E-state index contributed by atoms with van der Waals surface area (Å²) in [4.78, 5) is 24.0. The van der Waals surface area contributed by atoms with Gasteiger partial charge in [0.1, 0.15) is 30.1 Å². The van der Waals surface area contributed by atoms with E-state index in [4.69, 9.17) is 14.2 Å². The Bertz CT molecular complexity index is 963. The van der Waals surface area contributed by atoms with Crippen LogP contribution in [0.1, 0.15) is 24.5 Å². The van der Waals surface area contributed by atoms with Gasteiger partial charge in [0.2, 0.25) is 5.91 Å². The van der Waals surface area contributed by atoms with E-state index in [1.807, 2.05) is 60.7 Å². The first-order chi connectivity index (χ1) is 15.5. The van der Waals surface area contributed by atoms with Crippen molar-refractivity contribution in [2.45, 2.75) is 56.7 Å². The van der Waals surface area contributed by atoms with Gasteiger partial charge in [0.15, 0.2) is 6.29 Å². The van der Waals surface area contributed by atoms with Crippen LogP contribution >= 0.6 is 0 Å². The summed E-state index contributed by atoms with van der Waals surface area (Å²) in [7, 11) is 0. The summed E-state index contributed by atoms with van der Waals surface area (Å²) in [5.74, 6) is -0.313. The molecular weight excluding hydrogens is 410 g/mol. The Morgan fingerprint density at radius 2 is 1.62 bits per heavy atom. The van der Waals surface area contributed by atoms with Gasteiger partial charge in [-0.05, 0) is 22.8 Å². The minimum Gasteiger partial charge on any atom is -0.368 e. The van der Waals surface area contributed by atoms with Gasteiger partial charge in [-0.15, -0.1) is 0 Å². The van der Waals surface area contributed by atoms with Crippen LogP contribution in [-0.2, 0) is 37.0 Å². The molecule has 2 N–H and O–H groups in total. The molecule has 1 fully saturated rings. The summed E-state index contributed by atoms with van der Waals surface area (Å²) in [6.45, 7) is 1.87. The van der Waals surface area contributed by atoms with Crippen molar-refractivity contribution in [3.05, 3.63) is 83.4 Å². The monoisotopic (exact) mass is 437 g/mol. The van der Waals surface area contributed by atoms with Gasteiger partial charge < -0.3 is 24.6 Å². The summed E-state index contributed by atoms with van der Waals surface area (Å²) in [5, 5.41) is 13.8. The number of hydrogen-bond donors (Lipinski definition) is 2. The molecule has 2 aromatic rings. The van der Waals surface area contributed by atoms with Gasteiger partial charge in [-0.1, -0.05) is 60.7 Å². The van der Waals surface area contributed by atoms with E-state index in [2.05, 4.69) is 5.32 Å². The first-order valence-electron chi connectivity index (χ1n) is 10.6. The molecule has 7 nitrogen and oxygen atoms in total. The van der Waals surface area contributed by atoms with Crippen molar-refractivity contribution in [3.8, 4) is 0 Å². The molecule has 0 aromatic heterocycles. The fourth-order valence-corrected chi connectivity index (χ4v) is 4.54. The van der Waals surface area contributed by atoms with E-state index in [0.29, 0.717) is 5.57 Å². The Morgan fingerprint density at radius 1 is 1.06 bits per heavy atom. The maximum absolute atomic E-state index is 12.3. The third kappa shape index (κ3) is 4.66. The number of carbonyl (C=O) groups is 2. The number of aldehydes is 1. The van der Waals surface area contributed by atoms with E-state index in [0.717, 1.165) is 17.4 Å². The average molecular weight is 437 g/mol. The summed E-state index contributed by atoms with van der Waals surface area (Å²) in [5.41, 5.74) is 1.14. The minimum absolute atomic E-state index is 0.159. The number of rotatable bonds is 8. The molecule has 5 atom stereocenters. The van der Waals surface area contributed by atoms with Crippen molar-refractivity contribution in [2.24, 2.45) is 0 Å². The standard InChI is InChI=1S/C25H27NO6/c1-17(28)26-25-13-20(14-27)12-21(22(25)30-15-18-8-4-2-5-9-18)32-24(29)23(25)31-16-19-10-6-3-7-11-19/h2-12,14,21-24,29H,13,15-16H2,1H3,(H,26,28)/t21-,22-,23-,24+,25-/m1/s1. The Morgan fingerprint density at radius 3 is 2.16 bits per heavy atom. The molecule has 1 heterocycles. The number of nitrogens with one attached hydrogen (secondary N) is 1. The lowest BCUT2D eigenvalue weighted by Crippen LogP contribution is -2.75. The van der Waals surface area contributed by atoms with Crippen LogP contribution in [0, 0.1) is 0 Å². The molecule has 0 saturated carbocycles. The molecule has 2 aliphatic rings. The van der Waals surface area contributed by atoms with Crippen molar-refractivity contribution < 1.29 is 28.9 Å². The molecule has 7 heteroatoms. The number of amides is 1. The average Bonchev–Trinajstić information content (AvgIpc) is 2.78. The van der Waals surface area contributed by atoms with E-state index >= 15 is 0 Å². The molecule has 2 bridgehead atoms. The lowest BCUT2D eigenvalue weighted by atomic mass is 9.71. The highest BCUT2D eigenvalue weighted by Gasteiger charge is 2.60. The van der Waals surface area contributed by atoms with Crippen molar-refractivity contribution >= 4 is 12.2 Å². The van der Waals surface area contributed by atoms with Gasteiger partial charge in [0, 0.05) is 13.3 Å². The molecule has 1 saturated heterocycles. The number of benzene rings is 2. The summed E-state index contributed by atoms with van der Waals surface area (Å²) >= 11 is 0. The lowest BCUT2D eigenvalue weighted by molar-refractivity contribution is -0.293. The maximum Gasteiger partial charge on any atom is 0.217 e. The van der Waals surface area contributed by atoms with Crippen LogP contribution in [0.4, 0.5) is 0 Å². The molecule has 0 unspecified atom stereocenters. The van der Waals surface area contributed by atoms with E-state index in [1.54, 1.807) is 6.08 Å².